The van der Waals surface area contributed by atoms with E-state index in [9.17, 15) is 13.2 Å². The van der Waals surface area contributed by atoms with Crippen molar-refractivity contribution in [3.8, 4) is 0 Å². The number of nitrogens with one attached hydrogen (secondary N) is 1. The third kappa shape index (κ3) is 5.62. The van der Waals surface area contributed by atoms with Gasteiger partial charge in [0.1, 0.15) is 0 Å². The van der Waals surface area contributed by atoms with Crippen molar-refractivity contribution in [1.29, 1.82) is 0 Å². The van der Waals surface area contributed by atoms with Crippen molar-refractivity contribution in [2.45, 2.75) is 30.6 Å². The Balaban J connectivity index is 1.53. The molecular weight excluding hydrogens is 392 g/mol. The van der Waals surface area contributed by atoms with Gasteiger partial charge in [-0.05, 0) is 50.0 Å². The molecule has 0 spiro atoms. The highest BCUT2D eigenvalue weighted by Crippen LogP contribution is 2.27. The van der Waals surface area contributed by atoms with E-state index >= 15 is 0 Å². The standard InChI is InChI=1S/C18H25ClN2O3S2/c19-15-5-3-4-14(10-15)17(21-7-1-2-8-21)11-20-18(22)12-25-16-6-9-26(23,24)13-16/h3-5,10,16-17H,1-2,6-9,11-13H2,(H,20,22). The molecule has 1 aromatic rings. The molecule has 144 valence electrons. The van der Waals surface area contributed by atoms with E-state index in [1.54, 1.807) is 0 Å². The zero-order chi connectivity index (χ0) is 18.6. The number of hydrogen-bond acceptors (Lipinski definition) is 5. The van der Waals surface area contributed by atoms with E-state index in [4.69, 9.17) is 11.6 Å². The van der Waals surface area contributed by atoms with Crippen LogP contribution < -0.4 is 5.32 Å². The predicted molar refractivity (Wildman–Crippen MR) is 108 cm³/mol. The van der Waals surface area contributed by atoms with Gasteiger partial charge < -0.3 is 5.32 Å². The lowest BCUT2D eigenvalue weighted by Crippen LogP contribution is -2.37. The molecule has 2 saturated heterocycles. The molecule has 0 aliphatic carbocycles. The number of rotatable bonds is 7. The Morgan fingerprint density at radius 2 is 2.12 bits per heavy atom. The molecule has 0 saturated carbocycles. The molecule has 1 amide bonds. The Hall–Kier alpha value is -0.760. The summed E-state index contributed by atoms with van der Waals surface area (Å²) >= 11 is 7.60. The molecule has 2 unspecified atom stereocenters. The van der Waals surface area contributed by atoms with Crippen LogP contribution in [0.25, 0.3) is 0 Å². The van der Waals surface area contributed by atoms with E-state index < -0.39 is 9.84 Å². The lowest BCUT2D eigenvalue weighted by molar-refractivity contribution is -0.118. The summed E-state index contributed by atoms with van der Waals surface area (Å²) in [6.45, 7) is 2.60. The summed E-state index contributed by atoms with van der Waals surface area (Å²) in [7, 11) is -2.89. The SMILES string of the molecule is O=C(CSC1CCS(=O)(=O)C1)NCC(c1cccc(Cl)c1)N1CCCC1. The fraction of sp³-hybridized carbons (Fsp3) is 0.611. The van der Waals surface area contributed by atoms with Gasteiger partial charge in [-0.25, -0.2) is 8.42 Å². The van der Waals surface area contributed by atoms with Gasteiger partial charge in [0.25, 0.3) is 0 Å². The summed E-state index contributed by atoms with van der Waals surface area (Å²) in [5, 5.41) is 3.78. The summed E-state index contributed by atoms with van der Waals surface area (Å²) in [5.41, 5.74) is 1.12. The van der Waals surface area contributed by atoms with Crippen molar-refractivity contribution in [2.75, 3.05) is 36.9 Å². The number of carbonyl (C=O) groups is 1. The van der Waals surface area contributed by atoms with Gasteiger partial charge in [-0.15, -0.1) is 11.8 Å². The first-order valence-electron chi connectivity index (χ1n) is 9.01. The Morgan fingerprint density at radius 3 is 2.77 bits per heavy atom. The number of likely N-dealkylation sites (tertiary alicyclic amines) is 1. The van der Waals surface area contributed by atoms with Gasteiger partial charge in [-0.1, -0.05) is 23.7 Å². The number of thioether (sulfide) groups is 1. The van der Waals surface area contributed by atoms with E-state index in [2.05, 4.69) is 16.3 Å². The van der Waals surface area contributed by atoms with Crippen LogP contribution in [0.1, 0.15) is 30.9 Å². The van der Waals surface area contributed by atoms with E-state index in [0.717, 1.165) is 18.7 Å². The van der Waals surface area contributed by atoms with Gasteiger partial charge in [-0.3, -0.25) is 9.69 Å². The van der Waals surface area contributed by atoms with E-state index in [0.29, 0.717) is 23.7 Å². The molecule has 5 nitrogen and oxygen atoms in total. The van der Waals surface area contributed by atoms with Crippen molar-refractivity contribution in [2.24, 2.45) is 0 Å². The van der Waals surface area contributed by atoms with Crippen molar-refractivity contribution in [3.05, 3.63) is 34.9 Å². The van der Waals surface area contributed by atoms with Crippen LogP contribution in [0, 0.1) is 0 Å². The summed E-state index contributed by atoms with van der Waals surface area (Å²) < 4.78 is 23.0. The molecule has 1 aromatic carbocycles. The van der Waals surface area contributed by atoms with E-state index in [1.807, 2.05) is 18.2 Å². The molecule has 26 heavy (non-hydrogen) atoms. The van der Waals surface area contributed by atoms with Gasteiger partial charge in [0.05, 0.1) is 23.3 Å². The molecular formula is C18H25ClN2O3S2. The maximum atomic E-state index is 12.3. The first kappa shape index (κ1) is 20.0. The predicted octanol–water partition coefficient (Wildman–Crippen LogP) is 2.51. The van der Waals surface area contributed by atoms with Gasteiger partial charge in [0, 0.05) is 16.8 Å². The zero-order valence-corrected chi connectivity index (χ0v) is 17.1. The number of nitrogens with zero attached hydrogens (tertiary/aromatic N) is 1. The largest absolute Gasteiger partial charge is 0.353 e. The van der Waals surface area contributed by atoms with E-state index in [1.165, 1.54) is 24.6 Å². The minimum absolute atomic E-state index is 0.0366. The van der Waals surface area contributed by atoms with Crippen LogP contribution in [0.2, 0.25) is 5.02 Å². The molecule has 3 rings (SSSR count). The van der Waals surface area contributed by atoms with Crippen LogP contribution in [0.4, 0.5) is 0 Å². The third-order valence-electron chi connectivity index (χ3n) is 4.95. The second-order valence-electron chi connectivity index (χ2n) is 6.95. The van der Waals surface area contributed by atoms with Gasteiger partial charge in [0.2, 0.25) is 5.91 Å². The highest BCUT2D eigenvalue weighted by atomic mass is 35.5. The minimum Gasteiger partial charge on any atom is -0.353 e. The summed E-state index contributed by atoms with van der Waals surface area (Å²) in [6.07, 6.45) is 3.01. The van der Waals surface area contributed by atoms with Crippen LogP contribution in [0.3, 0.4) is 0 Å². The molecule has 2 heterocycles. The second-order valence-corrected chi connectivity index (χ2v) is 10.9. The highest BCUT2D eigenvalue weighted by Gasteiger charge is 2.29. The summed E-state index contributed by atoms with van der Waals surface area (Å²) in [4.78, 5) is 14.6. The maximum absolute atomic E-state index is 12.3. The van der Waals surface area contributed by atoms with Crippen LogP contribution in [0.5, 0.6) is 0 Å². The number of halogens is 1. The Labute approximate surface area is 164 Å². The number of amides is 1. The van der Waals surface area contributed by atoms with Crippen molar-refractivity contribution in [1.82, 2.24) is 10.2 Å². The quantitative estimate of drug-likeness (QED) is 0.739. The first-order valence-corrected chi connectivity index (χ1v) is 12.3. The van der Waals surface area contributed by atoms with Crippen LogP contribution in [0.15, 0.2) is 24.3 Å². The smallest absolute Gasteiger partial charge is 0.230 e. The second kappa shape index (κ2) is 8.95. The van der Waals surface area contributed by atoms with Crippen LogP contribution in [-0.4, -0.2) is 61.4 Å². The number of sulfone groups is 1. The number of carbonyl (C=O) groups excluding carboxylic acids is 1. The van der Waals surface area contributed by atoms with Crippen molar-refractivity contribution >= 4 is 39.1 Å². The highest BCUT2D eigenvalue weighted by molar-refractivity contribution is 8.02. The molecule has 2 fully saturated rings. The first-order chi connectivity index (χ1) is 12.4. The summed E-state index contributed by atoms with van der Waals surface area (Å²) in [6, 6.07) is 7.95. The fourth-order valence-electron chi connectivity index (χ4n) is 3.57. The Morgan fingerprint density at radius 1 is 1.35 bits per heavy atom. The van der Waals surface area contributed by atoms with Crippen LogP contribution in [-0.2, 0) is 14.6 Å². The molecule has 1 N–H and O–H groups in total. The van der Waals surface area contributed by atoms with Gasteiger partial charge in [-0.2, -0.15) is 0 Å². The third-order valence-corrected chi connectivity index (χ3v) is 8.46. The molecule has 0 radical (unpaired) electrons. The number of benzene rings is 1. The monoisotopic (exact) mass is 416 g/mol. The van der Waals surface area contributed by atoms with E-state index in [-0.39, 0.29) is 28.7 Å². The molecule has 2 atom stereocenters. The average Bonchev–Trinajstić information content (AvgIpc) is 3.23. The Kier molecular flexibility index (Phi) is 6.88. The summed E-state index contributed by atoms with van der Waals surface area (Å²) in [5.74, 6) is 0.718. The average molecular weight is 417 g/mol. The molecule has 2 aliphatic heterocycles. The lowest BCUT2D eigenvalue weighted by Gasteiger charge is -2.28. The van der Waals surface area contributed by atoms with Crippen LogP contribution >= 0.6 is 23.4 Å². The van der Waals surface area contributed by atoms with Crippen molar-refractivity contribution in [3.63, 3.8) is 0 Å². The zero-order valence-electron chi connectivity index (χ0n) is 14.7. The normalized spacial score (nSPS) is 23.8. The maximum Gasteiger partial charge on any atom is 0.230 e. The molecule has 0 bridgehead atoms. The lowest BCUT2D eigenvalue weighted by atomic mass is 10.1. The fourth-order valence-corrected chi connectivity index (χ4v) is 7.24. The van der Waals surface area contributed by atoms with Crippen molar-refractivity contribution < 1.29 is 13.2 Å². The van der Waals surface area contributed by atoms with Gasteiger partial charge >= 0.3 is 0 Å². The topological polar surface area (TPSA) is 66.5 Å². The minimum atomic E-state index is -2.89. The van der Waals surface area contributed by atoms with Gasteiger partial charge in [0.15, 0.2) is 9.84 Å². The Bertz CT molecular complexity index is 736. The molecule has 8 heteroatoms. The molecule has 2 aliphatic rings. The molecule has 0 aromatic heterocycles. The number of hydrogen-bond donors (Lipinski definition) is 1.